The Hall–Kier alpha value is -3.38. The van der Waals surface area contributed by atoms with E-state index in [1.807, 2.05) is 6.07 Å². The Labute approximate surface area is 181 Å². The molecule has 0 unspecified atom stereocenters. The summed E-state index contributed by atoms with van der Waals surface area (Å²) in [6.45, 7) is 1.38. The van der Waals surface area contributed by atoms with Crippen LogP contribution < -0.4 is 10.2 Å². The van der Waals surface area contributed by atoms with Gasteiger partial charge in [0.15, 0.2) is 0 Å². The molecule has 0 amide bonds. The highest BCUT2D eigenvalue weighted by molar-refractivity contribution is 6.30. The Morgan fingerprint density at radius 3 is 2.71 bits per heavy atom. The van der Waals surface area contributed by atoms with Crippen LogP contribution in [-0.4, -0.2) is 21.5 Å². The third-order valence-electron chi connectivity index (χ3n) is 5.01. The van der Waals surface area contributed by atoms with Crippen molar-refractivity contribution in [3.63, 3.8) is 0 Å². The topological polar surface area (TPSA) is 77.7 Å². The van der Waals surface area contributed by atoms with Crippen LogP contribution >= 0.6 is 11.6 Å². The van der Waals surface area contributed by atoms with Gasteiger partial charge in [0.1, 0.15) is 18.2 Å². The maximum atomic E-state index is 12.7. The van der Waals surface area contributed by atoms with Gasteiger partial charge in [0.2, 0.25) is 0 Å². The van der Waals surface area contributed by atoms with E-state index in [0.717, 1.165) is 29.2 Å². The summed E-state index contributed by atoms with van der Waals surface area (Å²) < 4.78 is 38.1. The van der Waals surface area contributed by atoms with Crippen molar-refractivity contribution in [2.24, 2.45) is 0 Å². The van der Waals surface area contributed by atoms with Crippen LogP contribution in [0.4, 0.5) is 24.7 Å². The molecule has 3 heterocycles. The molecule has 2 aromatic heterocycles. The predicted octanol–water partition coefficient (Wildman–Crippen LogP) is 4.59. The maximum absolute atomic E-state index is 12.7. The monoisotopic (exact) mass is 444 g/mol. The first-order valence-corrected chi connectivity index (χ1v) is 9.76. The average molecular weight is 445 g/mol. The second-order valence-electron chi connectivity index (χ2n) is 6.98. The van der Waals surface area contributed by atoms with Crippen LogP contribution in [0.3, 0.4) is 0 Å². The minimum absolute atomic E-state index is 0.214. The molecule has 0 saturated heterocycles. The molecule has 0 radical (unpaired) electrons. The Kier molecular flexibility index (Phi) is 5.65. The van der Waals surface area contributed by atoms with Crippen LogP contribution in [0.5, 0.6) is 0 Å². The van der Waals surface area contributed by atoms with Crippen molar-refractivity contribution in [1.29, 1.82) is 5.26 Å². The summed E-state index contributed by atoms with van der Waals surface area (Å²) in [6.07, 6.45) is -1.48. The number of rotatable bonds is 4. The maximum Gasteiger partial charge on any atom is 0.417 e. The molecular weight excluding hydrogens is 429 g/mol. The average Bonchev–Trinajstić information content (AvgIpc) is 2.77. The molecule has 158 valence electrons. The van der Waals surface area contributed by atoms with Crippen molar-refractivity contribution in [2.75, 3.05) is 16.8 Å². The molecule has 1 aliphatic heterocycles. The fraction of sp³-hybridized carbons (Fsp3) is 0.238. The molecule has 0 spiro atoms. The Morgan fingerprint density at radius 2 is 2.00 bits per heavy atom. The molecule has 0 bridgehead atoms. The van der Waals surface area contributed by atoms with Gasteiger partial charge >= 0.3 is 6.18 Å². The lowest BCUT2D eigenvalue weighted by atomic mass is 10.0. The van der Waals surface area contributed by atoms with E-state index in [1.54, 1.807) is 12.1 Å². The lowest BCUT2D eigenvalue weighted by molar-refractivity contribution is -0.137. The van der Waals surface area contributed by atoms with E-state index in [2.05, 4.69) is 31.2 Å². The third kappa shape index (κ3) is 4.54. The summed E-state index contributed by atoms with van der Waals surface area (Å²) in [7, 11) is 0. The van der Waals surface area contributed by atoms with Crippen LogP contribution in [0.1, 0.15) is 28.1 Å². The van der Waals surface area contributed by atoms with Crippen LogP contribution in [0.2, 0.25) is 5.02 Å². The van der Waals surface area contributed by atoms with Crippen LogP contribution in [0, 0.1) is 11.3 Å². The normalized spacial score (nSPS) is 13.5. The van der Waals surface area contributed by atoms with E-state index in [1.165, 1.54) is 12.4 Å². The highest BCUT2D eigenvalue weighted by Crippen LogP contribution is 2.31. The van der Waals surface area contributed by atoms with E-state index in [4.69, 9.17) is 11.6 Å². The number of pyridine rings is 1. The number of fused-ring (bicyclic) bond motifs is 1. The van der Waals surface area contributed by atoms with E-state index in [9.17, 15) is 18.4 Å². The predicted molar refractivity (Wildman–Crippen MR) is 110 cm³/mol. The molecule has 0 atom stereocenters. The largest absolute Gasteiger partial charge is 0.417 e. The molecule has 0 saturated carbocycles. The summed E-state index contributed by atoms with van der Waals surface area (Å²) in [5, 5.41) is 13.1. The number of nitrogens with one attached hydrogen (secondary N) is 1. The van der Waals surface area contributed by atoms with Gasteiger partial charge in [-0.1, -0.05) is 11.6 Å². The molecule has 3 aromatic rings. The first-order chi connectivity index (χ1) is 14.8. The Morgan fingerprint density at radius 1 is 1.16 bits per heavy atom. The van der Waals surface area contributed by atoms with Crippen molar-refractivity contribution in [2.45, 2.75) is 25.7 Å². The van der Waals surface area contributed by atoms with Gasteiger partial charge in [0.05, 0.1) is 34.7 Å². The second-order valence-corrected chi connectivity index (χ2v) is 7.42. The number of halogens is 4. The minimum Gasteiger partial charge on any atom is -0.366 e. The van der Waals surface area contributed by atoms with Gasteiger partial charge in [-0.2, -0.15) is 18.4 Å². The molecule has 31 heavy (non-hydrogen) atoms. The quantitative estimate of drug-likeness (QED) is 0.634. The van der Waals surface area contributed by atoms with Crippen molar-refractivity contribution in [1.82, 2.24) is 15.0 Å². The van der Waals surface area contributed by atoms with Crippen LogP contribution in [0.25, 0.3) is 0 Å². The highest BCUT2D eigenvalue weighted by Gasteiger charge is 2.30. The van der Waals surface area contributed by atoms with Gasteiger partial charge in [-0.25, -0.2) is 9.97 Å². The SMILES string of the molecule is N#Cc1cc(Cl)ccc1N1CCc2ncnc(NCc3ccc(C(F)(F)F)cn3)c2C1. The van der Waals surface area contributed by atoms with E-state index < -0.39 is 11.7 Å². The van der Waals surface area contributed by atoms with Crippen molar-refractivity contribution in [3.05, 3.63) is 76.0 Å². The summed E-state index contributed by atoms with van der Waals surface area (Å²) in [5.41, 5.74) is 2.69. The fourth-order valence-corrected chi connectivity index (χ4v) is 3.62. The van der Waals surface area contributed by atoms with Gasteiger partial charge < -0.3 is 10.2 Å². The fourth-order valence-electron chi connectivity index (χ4n) is 3.44. The lowest BCUT2D eigenvalue weighted by Crippen LogP contribution is -2.32. The summed E-state index contributed by atoms with van der Waals surface area (Å²) in [4.78, 5) is 14.6. The van der Waals surface area contributed by atoms with Crippen molar-refractivity contribution < 1.29 is 13.2 Å². The number of aromatic nitrogens is 3. The van der Waals surface area contributed by atoms with E-state index in [0.29, 0.717) is 41.6 Å². The zero-order valence-corrected chi connectivity index (χ0v) is 16.9. The molecule has 0 aliphatic carbocycles. The summed E-state index contributed by atoms with van der Waals surface area (Å²) in [5.74, 6) is 0.587. The minimum atomic E-state index is -4.42. The van der Waals surface area contributed by atoms with Crippen LogP contribution in [0.15, 0.2) is 42.9 Å². The molecule has 1 N–H and O–H groups in total. The third-order valence-corrected chi connectivity index (χ3v) is 5.25. The smallest absolute Gasteiger partial charge is 0.366 e. The zero-order valence-electron chi connectivity index (χ0n) is 16.1. The van der Waals surface area contributed by atoms with E-state index >= 15 is 0 Å². The van der Waals surface area contributed by atoms with Crippen molar-refractivity contribution in [3.8, 4) is 6.07 Å². The molecule has 4 rings (SSSR count). The van der Waals surface area contributed by atoms with Gasteiger partial charge in [0.25, 0.3) is 0 Å². The highest BCUT2D eigenvalue weighted by atomic mass is 35.5. The number of nitrogens with zero attached hydrogens (tertiary/aromatic N) is 5. The van der Waals surface area contributed by atoms with Crippen molar-refractivity contribution >= 4 is 23.1 Å². The first-order valence-electron chi connectivity index (χ1n) is 9.38. The number of anilines is 2. The van der Waals surface area contributed by atoms with Gasteiger partial charge in [0, 0.05) is 36.3 Å². The van der Waals surface area contributed by atoms with Gasteiger partial charge in [-0.15, -0.1) is 0 Å². The summed E-state index contributed by atoms with van der Waals surface area (Å²) in [6, 6.07) is 9.70. The number of hydrogen-bond acceptors (Lipinski definition) is 6. The standard InChI is InChI=1S/C21H16ClF3N6/c22-15-2-4-19(13(7-15)8-26)31-6-5-18-17(11-31)20(30-12-29-18)28-10-16-3-1-14(9-27-16)21(23,24)25/h1-4,7,9,12H,5-6,10-11H2,(H,28,29,30). The number of hydrogen-bond donors (Lipinski definition) is 1. The zero-order chi connectivity index (χ0) is 22.0. The molecule has 0 fully saturated rings. The number of nitriles is 1. The van der Waals surface area contributed by atoms with E-state index in [-0.39, 0.29) is 6.54 Å². The molecule has 1 aliphatic rings. The number of benzene rings is 1. The molecule has 1 aromatic carbocycles. The van der Waals surface area contributed by atoms with Gasteiger partial charge in [-0.05, 0) is 30.3 Å². The summed E-state index contributed by atoms with van der Waals surface area (Å²) >= 11 is 6.01. The Balaban J connectivity index is 1.53. The first kappa shape index (κ1) is 20.9. The lowest BCUT2D eigenvalue weighted by Gasteiger charge is -2.31. The number of alkyl halides is 3. The van der Waals surface area contributed by atoms with Crippen LogP contribution in [-0.2, 0) is 25.7 Å². The molecule has 10 heteroatoms. The molecule has 6 nitrogen and oxygen atoms in total. The second kappa shape index (κ2) is 8.40. The van der Waals surface area contributed by atoms with Gasteiger partial charge in [-0.3, -0.25) is 4.98 Å². The molecular formula is C21H16ClF3N6. The Bertz CT molecular complexity index is 1140.